The quantitative estimate of drug-likeness (QED) is 0.676. The van der Waals surface area contributed by atoms with Gasteiger partial charge in [0.1, 0.15) is 5.82 Å². The molecule has 3 heteroatoms. The van der Waals surface area contributed by atoms with Gasteiger partial charge in [0.05, 0.1) is 23.7 Å². The van der Waals surface area contributed by atoms with E-state index < -0.39 is 0 Å². The fraction of sp³-hybridized carbons (Fsp3) is 0.364. The molecule has 3 nitrogen and oxygen atoms in total. The number of aliphatic hydroxyl groups excluding tert-OH is 1. The molecule has 1 aliphatic rings. The molecule has 0 saturated carbocycles. The number of rotatable bonds is 0. The third-order valence-corrected chi connectivity index (χ3v) is 2.79. The lowest BCUT2D eigenvalue weighted by molar-refractivity contribution is 0.176. The largest absolute Gasteiger partial charge is 0.391 e. The summed E-state index contributed by atoms with van der Waals surface area (Å²) in [5.74, 6) is 1.01. The van der Waals surface area contributed by atoms with E-state index in [1.807, 2.05) is 6.07 Å². The SMILES string of the molecule is Cc1ccc2nc3n(c2c1)CC(O)C3. The summed E-state index contributed by atoms with van der Waals surface area (Å²) in [6.07, 6.45) is 0.440. The normalized spacial score (nSPS) is 20.3. The Kier molecular flexibility index (Phi) is 1.47. The molecule has 3 rings (SSSR count). The Morgan fingerprint density at radius 2 is 2.36 bits per heavy atom. The average molecular weight is 188 g/mol. The monoisotopic (exact) mass is 188 g/mol. The number of hydrogen-bond acceptors (Lipinski definition) is 2. The summed E-state index contributed by atoms with van der Waals surface area (Å²) in [7, 11) is 0. The van der Waals surface area contributed by atoms with Crippen LogP contribution in [-0.4, -0.2) is 20.8 Å². The zero-order valence-electron chi connectivity index (χ0n) is 8.07. The van der Waals surface area contributed by atoms with E-state index in [-0.39, 0.29) is 6.10 Å². The first-order chi connectivity index (χ1) is 6.74. The van der Waals surface area contributed by atoms with Crippen molar-refractivity contribution in [3.05, 3.63) is 29.6 Å². The number of fused-ring (bicyclic) bond motifs is 3. The molecule has 1 aliphatic heterocycles. The van der Waals surface area contributed by atoms with Crippen LogP contribution in [0.2, 0.25) is 0 Å². The van der Waals surface area contributed by atoms with Gasteiger partial charge in [-0.05, 0) is 24.6 Å². The van der Waals surface area contributed by atoms with Crippen molar-refractivity contribution in [1.29, 1.82) is 0 Å². The van der Waals surface area contributed by atoms with Crippen molar-refractivity contribution in [1.82, 2.24) is 9.55 Å². The van der Waals surface area contributed by atoms with Crippen LogP contribution in [-0.2, 0) is 13.0 Å². The summed E-state index contributed by atoms with van der Waals surface area (Å²) < 4.78 is 2.12. The second-order valence-electron chi connectivity index (χ2n) is 3.99. The first-order valence-corrected chi connectivity index (χ1v) is 4.88. The van der Waals surface area contributed by atoms with E-state index in [0.29, 0.717) is 13.0 Å². The summed E-state index contributed by atoms with van der Waals surface area (Å²) in [5.41, 5.74) is 3.43. The fourth-order valence-electron chi connectivity index (χ4n) is 2.13. The van der Waals surface area contributed by atoms with Crippen LogP contribution in [0.3, 0.4) is 0 Å². The molecule has 1 aromatic heterocycles. The van der Waals surface area contributed by atoms with Gasteiger partial charge in [-0.2, -0.15) is 0 Å². The van der Waals surface area contributed by atoms with Gasteiger partial charge in [-0.1, -0.05) is 6.07 Å². The number of imidazole rings is 1. The highest BCUT2D eigenvalue weighted by molar-refractivity contribution is 5.77. The van der Waals surface area contributed by atoms with Crippen LogP contribution in [0.15, 0.2) is 18.2 Å². The smallest absolute Gasteiger partial charge is 0.112 e. The maximum atomic E-state index is 9.51. The highest BCUT2D eigenvalue weighted by Crippen LogP contribution is 2.23. The molecule has 0 radical (unpaired) electrons. The van der Waals surface area contributed by atoms with Gasteiger partial charge >= 0.3 is 0 Å². The maximum absolute atomic E-state index is 9.51. The third-order valence-electron chi connectivity index (χ3n) is 2.79. The lowest BCUT2D eigenvalue weighted by Gasteiger charge is -2.01. The van der Waals surface area contributed by atoms with Crippen molar-refractivity contribution in [2.45, 2.75) is 26.0 Å². The maximum Gasteiger partial charge on any atom is 0.112 e. The first kappa shape index (κ1) is 8.00. The molecule has 14 heavy (non-hydrogen) atoms. The van der Waals surface area contributed by atoms with Crippen LogP contribution in [0.4, 0.5) is 0 Å². The predicted molar refractivity (Wildman–Crippen MR) is 54.2 cm³/mol. The molecule has 72 valence electrons. The molecule has 1 aromatic carbocycles. The Morgan fingerprint density at radius 1 is 1.50 bits per heavy atom. The van der Waals surface area contributed by atoms with Crippen LogP contribution in [0, 0.1) is 6.92 Å². The van der Waals surface area contributed by atoms with Crippen molar-refractivity contribution in [2.24, 2.45) is 0 Å². The minimum Gasteiger partial charge on any atom is -0.391 e. The van der Waals surface area contributed by atoms with E-state index in [0.717, 1.165) is 16.9 Å². The van der Waals surface area contributed by atoms with Crippen LogP contribution in [0.5, 0.6) is 0 Å². The van der Waals surface area contributed by atoms with Gasteiger partial charge < -0.3 is 9.67 Å². The van der Waals surface area contributed by atoms with E-state index in [4.69, 9.17) is 0 Å². The standard InChI is InChI=1S/C11H12N2O/c1-7-2-3-9-10(4-7)13-6-8(14)5-11(13)12-9/h2-4,8,14H,5-6H2,1H3. The van der Waals surface area contributed by atoms with Gasteiger partial charge in [0, 0.05) is 6.42 Å². The van der Waals surface area contributed by atoms with E-state index in [2.05, 4.69) is 28.6 Å². The van der Waals surface area contributed by atoms with Crippen LogP contribution < -0.4 is 0 Å². The molecule has 0 aliphatic carbocycles. The number of hydrogen-bond donors (Lipinski definition) is 1. The van der Waals surface area contributed by atoms with Gasteiger partial charge in [0.25, 0.3) is 0 Å². The zero-order valence-corrected chi connectivity index (χ0v) is 8.07. The Balaban J connectivity index is 2.30. The summed E-state index contributed by atoms with van der Waals surface area (Å²) in [5, 5.41) is 9.51. The molecule has 0 amide bonds. The molecular formula is C11H12N2O. The minimum atomic E-state index is -0.248. The van der Waals surface area contributed by atoms with Crippen molar-refractivity contribution in [3.8, 4) is 0 Å². The van der Waals surface area contributed by atoms with Crippen LogP contribution in [0.25, 0.3) is 11.0 Å². The van der Waals surface area contributed by atoms with Gasteiger partial charge in [-0.15, -0.1) is 0 Å². The second-order valence-corrected chi connectivity index (χ2v) is 3.99. The summed E-state index contributed by atoms with van der Waals surface area (Å²) in [4.78, 5) is 4.49. The summed E-state index contributed by atoms with van der Waals surface area (Å²) >= 11 is 0. The topological polar surface area (TPSA) is 38.0 Å². The highest BCUT2D eigenvalue weighted by Gasteiger charge is 2.22. The fourth-order valence-corrected chi connectivity index (χ4v) is 2.13. The van der Waals surface area contributed by atoms with E-state index >= 15 is 0 Å². The Hall–Kier alpha value is -1.35. The number of aryl methyl sites for hydroxylation is 1. The second kappa shape index (κ2) is 2.58. The minimum absolute atomic E-state index is 0.248. The Morgan fingerprint density at radius 3 is 3.21 bits per heavy atom. The van der Waals surface area contributed by atoms with Gasteiger partial charge in [-0.25, -0.2) is 4.98 Å². The lowest BCUT2D eigenvalue weighted by atomic mass is 10.2. The predicted octanol–water partition coefficient (Wildman–Crippen LogP) is 1.26. The zero-order chi connectivity index (χ0) is 9.71. The van der Waals surface area contributed by atoms with E-state index in [9.17, 15) is 5.11 Å². The number of nitrogens with zero attached hydrogens (tertiary/aromatic N) is 2. The molecule has 1 atom stereocenters. The summed E-state index contributed by atoms with van der Waals surface area (Å²) in [6, 6.07) is 6.24. The highest BCUT2D eigenvalue weighted by atomic mass is 16.3. The van der Waals surface area contributed by atoms with Gasteiger partial charge in [0.2, 0.25) is 0 Å². The van der Waals surface area contributed by atoms with Gasteiger partial charge in [0.15, 0.2) is 0 Å². The Labute approximate surface area is 82.0 Å². The van der Waals surface area contributed by atoms with Crippen LogP contribution >= 0.6 is 0 Å². The summed E-state index contributed by atoms with van der Waals surface area (Å²) in [6.45, 7) is 2.76. The van der Waals surface area contributed by atoms with E-state index in [1.54, 1.807) is 0 Å². The number of benzene rings is 1. The Bertz CT molecular complexity index is 501. The van der Waals surface area contributed by atoms with Gasteiger partial charge in [-0.3, -0.25) is 0 Å². The van der Waals surface area contributed by atoms with Crippen LogP contribution in [0.1, 0.15) is 11.4 Å². The number of aromatic nitrogens is 2. The molecule has 2 heterocycles. The molecule has 0 fully saturated rings. The molecule has 0 spiro atoms. The molecular weight excluding hydrogens is 176 g/mol. The molecule has 0 bridgehead atoms. The first-order valence-electron chi connectivity index (χ1n) is 4.88. The van der Waals surface area contributed by atoms with Crippen molar-refractivity contribution in [2.75, 3.05) is 0 Å². The molecule has 1 N–H and O–H groups in total. The lowest BCUT2D eigenvalue weighted by Crippen LogP contribution is -2.07. The number of aliphatic hydroxyl groups is 1. The third kappa shape index (κ3) is 0.990. The van der Waals surface area contributed by atoms with Crippen molar-refractivity contribution in [3.63, 3.8) is 0 Å². The molecule has 0 saturated heterocycles. The van der Waals surface area contributed by atoms with E-state index in [1.165, 1.54) is 5.56 Å². The van der Waals surface area contributed by atoms with Crippen molar-refractivity contribution >= 4 is 11.0 Å². The average Bonchev–Trinajstić information content (AvgIpc) is 2.62. The molecule has 2 aromatic rings. The molecule has 1 unspecified atom stereocenters. The van der Waals surface area contributed by atoms with Crippen molar-refractivity contribution < 1.29 is 5.11 Å².